The largest absolute Gasteiger partial charge is 0.502 e. The van der Waals surface area contributed by atoms with Crippen LogP contribution in [0.25, 0.3) is 0 Å². The van der Waals surface area contributed by atoms with Gasteiger partial charge in [0.2, 0.25) is 21.9 Å². The molecule has 0 bridgehead atoms. The molecule has 7 nitrogen and oxygen atoms in total. The highest BCUT2D eigenvalue weighted by Gasteiger charge is 2.56. The van der Waals surface area contributed by atoms with Crippen molar-refractivity contribution in [3.8, 4) is 5.88 Å². The number of ether oxygens (including phenoxy) is 1. The van der Waals surface area contributed by atoms with Crippen LogP contribution in [0.1, 0.15) is 20.8 Å². The summed E-state index contributed by atoms with van der Waals surface area (Å²) in [7, 11) is -4.46. The molecule has 1 aromatic heterocycles. The minimum atomic E-state index is -3.91. The molecule has 1 atom stereocenters. The number of nitrogens with one attached hydrogen (secondary N) is 1. The van der Waals surface area contributed by atoms with Crippen LogP contribution in [0.2, 0.25) is 0 Å². The van der Waals surface area contributed by atoms with Crippen molar-refractivity contribution < 1.29 is 35.6 Å². The van der Waals surface area contributed by atoms with Gasteiger partial charge in [0, 0.05) is 0 Å². The fraction of sp³-hybridized carbons (Fsp3) is 0.615. The minimum Gasteiger partial charge on any atom is -0.479 e. The highest BCUT2D eigenvalue weighted by Crippen LogP contribution is 2.38. The van der Waals surface area contributed by atoms with E-state index in [1.54, 1.807) is 0 Å². The molecule has 0 saturated carbocycles. The molecule has 0 spiro atoms. The van der Waals surface area contributed by atoms with E-state index in [0.29, 0.717) is 0 Å². The first-order valence-electron chi connectivity index (χ1n) is 7.17. The van der Waals surface area contributed by atoms with Gasteiger partial charge < -0.3 is 14.0 Å². The molecule has 2 heterocycles. The number of alkyl halides is 1. The Bertz CT molecular complexity index is 792. The van der Waals surface area contributed by atoms with Gasteiger partial charge in [-0.05, 0) is 20.8 Å². The third kappa shape index (κ3) is 3.56. The van der Waals surface area contributed by atoms with Gasteiger partial charge in [-0.15, -0.1) is 0 Å². The summed E-state index contributed by atoms with van der Waals surface area (Å²) < 4.78 is 82.8. The van der Waals surface area contributed by atoms with Crippen LogP contribution >= 0.6 is 0 Å². The number of aromatic nitrogens is 1. The number of hydrogen-bond acceptors (Lipinski definition) is 6. The quantitative estimate of drug-likeness (QED) is 0.604. The lowest BCUT2D eigenvalue weighted by Crippen LogP contribution is -2.46. The maximum absolute atomic E-state index is 14.8. The Morgan fingerprint density at radius 3 is 2.32 bits per heavy atom. The predicted octanol–water partition coefficient (Wildman–Crippen LogP) is 0.989. The Balaban J connectivity index is 2.58. The van der Waals surface area contributed by atoms with Crippen LogP contribution in [-0.4, -0.2) is 51.8 Å². The van der Waals surface area contributed by atoms with Crippen LogP contribution in [0.5, 0.6) is 5.88 Å². The molecule has 1 saturated heterocycles. The number of halogens is 3. The average molecular weight is 382 g/mol. The van der Waals surface area contributed by atoms with Gasteiger partial charge in [-0.2, -0.15) is 9.37 Å². The maximum Gasteiger partial charge on any atom is 0.502 e. The molecule has 25 heavy (non-hydrogen) atoms. The van der Waals surface area contributed by atoms with E-state index in [1.807, 2.05) is 4.72 Å². The molecule has 1 N–H and O–H groups in total. The van der Waals surface area contributed by atoms with Crippen LogP contribution in [0, 0.1) is 11.8 Å². The van der Waals surface area contributed by atoms with E-state index in [9.17, 15) is 21.6 Å². The summed E-state index contributed by atoms with van der Waals surface area (Å²) in [4.78, 5) is 3.39. The monoisotopic (exact) mass is 382 g/mol. The van der Waals surface area contributed by atoms with Crippen molar-refractivity contribution in [2.45, 2.75) is 32.0 Å². The van der Waals surface area contributed by atoms with Gasteiger partial charge in [0.25, 0.3) is 0 Å². The zero-order chi connectivity index (χ0) is 19.2. The number of anilines is 1. The van der Waals surface area contributed by atoms with Gasteiger partial charge >= 0.3 is 7.12 Å². The lowest BCUT2D eigenvalue weighted by Gasteiger charge is -2.33. The van der Waals surface area contributed by atoms with Gasteiger partial charge in [0.05, 0.1) is 24.4 Å². The highest BCUT2D eigenvalue weighted by atomic mass is 32.2. The highest BCUT2D eigenvalue weighted by molar-refractivity contribution is 7.92. The molecular weight excluding hydrogens is 364 g/mol. The average Bonchev–Trinajstić information content (AvgIpc) is 2.71. The molecule has 0 radical (unpaired) electrons. The van der Waals surface area contributed by atoms with Crippen LogP contribution in [-0.2, 0) is 19.3 Å². The van der Waals surface area contributed by atoms with Crippen molar-refractivity contribution in [1.29, 1.82) is 0 Å². The smallest absolute Gasteiger partial charge is 0.479 e. The molecule has 1 aromatic rings. The van der Waals surface area contributed by atoms with Crippen molar-refractivity contribution in [3.05, 3.63) is 11.8 Å². The predicted molar refractivity (Wildman–Crippen MR) is 85.2 cm³/mol. The van der Waals surface area contributed by atoms with E-state index >= 15 is 0 Å². The zero-order valence-electron chi connectivity index (χ0n) is 14.3. The van der Waals surface area contributed by atoms with Crippen LogP contribution in [0.3, 0.4) is 0 Å². The summed E-state index contributed by atoms with van der Waals surface area (Å²) in [5.74, 6) is -3.24. The van der Waals surface area contributed by atoms with Gasteiger partial charge in [-0.25, -0.2) is 17.2 Å². The van der Waals surface area contributed by atoms with E-state index in [1.165, 1.54) is 20.8 Å². The molecule has 2 rings (SSSR count). The van der Waals surface area contributed by atoms with Crippen LogP contribution < -0.4 is 14.9 Å². The molecule has 0 aromatic carbocycles. The molecule has 0 aliphatic carbocycles. The number of hydrogen-bond donors (Lipinski definition) is 1. The Kier molecular flexibility index (Phi) is 5.01. The first-order valence-corrected chi connectivity index (χ1v) is 9.06. The lowest BCUT2D eigenvalue weighted by atomic mass is 9.79. The van der Waals surface area contributed by atoms with Gasteiger partial charge in [0.1, 0.15) is 18.0 Å². The Labute approximate surface area is 144 Å². The van der Waals surface area contributed by atoms with E-state index in [4.69, 9.17) is 14.0 Å². The summed E-state index contributed by atoms with van der Waals surface area (Å²) in [6, 6.07) is 0. The lowest BCUT2D eigenvalue weighted by molar-refractivity contribution is -0.0260. The molecule has 140 valence electrons. The minimum absolute atomic E-state index is 0.602. The number of pyridine rings is 1. The normalized spacial score (nSPS) is 23.0. The molecule has 1 aliphatic rings. The third-order valence-electron chi connectivity index (χ3n) is 4.11. The summed E-state index contributed by atoms with van der Waals surface area (Å²) in [5.41, 5.74) is -4.13. The second-order valence-corrected chi connectivity index (χ2v) is 8.08. The fourth-order valence-electron chi connectivity index (χ4n) is 2.25. The number of rotatable bonds is 5. The molecule has 1 fully saturated rings. The summed E-state index contributed by atoms with van der Waals surface area (Å²) in [6.45, 7) is 3.46. The van der Waals surface area contributed by atoms with Crippen LogP contribution in [0.15, 0.2) is 0 Å². The molecule has 1 unspecified atom stereocenters. The third-order valence-corrected chi connectivity index (χ3v) is 4.68. The van der Waals surface area contributed by atoms with E-state index in [-0.39, 0.29) is 0 Å². The molecule has 1 aliphatic heterocycles. The Hall–Kier alpha value is -1.53. The second-order valence-electron chi connectivity index (χ2n) is 6.33. The standard InChI is InChI=1S/C13H18BF3N2O5S/c1-12(2)13(3,6-15)24-14(23-12)7-8(16)9(19-25(5,20)21)11(22-4)18-10(7)17/h19H,6H2,1-5H3. The van der Waals surface area contributed by atoms with Crippen molar-refractivity contribution >= 4 is 28.3 Å². The van der Waals surface area contributed by atoms with Gasteiger partial charge in [0.15, 0.2) is 5.82 Å². The van der Waals surface area contributed by atoms with Gasteiger partial charge in [-0.1, -0.05) is 0 Å². The number of sulfonamides is 1. The molecule has 0 amide bonds. The van der Waals surface area contributed by atoms with Crippen molar-refractivity contribution in [3.63, 3.8) is 0 Å². The van der Waals surface area contributed by atoms with Crippen molar-refractivity contribution in [2.75, 3.05) is 24.8 Å². The topological polar surface area (TPSA) is 86.8 Å². The second kappa shape index (κ2) is 6.33. The SMILES string of the molecule is COc1nc(F)c(B2OC(C)(C)C(C)(CF)O2)c(F)c1NS(C)(=O)=O. The van der Waals surface area contributed by atoms with E-state index in [2.05, 4.69) is 4.98 Å². The van der Waals surface area contributed by atoms with Crippen molar-refractivity contribution in [1.82, 2.24) is 4.98 Å². The van der Waals surface area contributed by atoms with E-state index < -0.39 is 63.8 Å². The fourth-order valence-corrected chi connectivity index (χ4v) is 2.80. The molecule has 12 heteroatoms. The Morgan fingerprint density at radius 1 is 1.28 bits per heavy atom. The van der Waals surface area contributed by atoms with Crippen molar-refractivity contribution in [2.24, 2.45) is 0 Å². The van der Waals surface area contributed by atoms with Gasteiger partial charge in [-0.3, -0.25) is 4.72 Å². The summed E-state index contributed by atoms with van der Waals surface area (Å²) >= 11 is 0. The summed E-state index contributed by atoms with van der Waals surface area (Å²) in [6.07, 6.45) is 0.779. The number of methoxy groups -OCH3 is 1. The molecular formula is C13H18BF3N2O5S. The van der Waals surface area contributed by atoms with E-state index in [0.717, 1.165) is 13.4 Å². The zero-order valence-corrected chi connectivity index (χ0v) is 15.1. The first kappa shape index (κ1) is 19.8. The van der Waals surface area contributed by atoms with Crippen LogP contribution in [0.4, 0.5) is 18.9 Å². The number of nitrogens with zero attached hydrogens (tertiary/aromatic N) is 1. The maximum atomic E-state index is 14.8. The summed E-state index contributed by atoms with van der Waals surface area (Å²) in [5, 5.41) is 0. The Morgan fingerprint density at radius 2 is 1.88 bits per heavy atom. The first-order chi connectivity index (χ1) is 11.3.